The van der Waals surface area contributed by atoms with Crippen LogP contribution in [0.4, 0.5) is 23.2 Å². The molecule has 0 spiro atoms. The molecule has 0 atom stereocenters. The van der Waals surface area contributed by atoms with Crippen LogP contribution in [0.3, 0.4) is 0 Å². The standard InChI is InChI=1S/C16H13F4NO/c1-8(2)12-15(19)13(17)9(14(18)16(12)20)7-21-10-5-3-4-6-11(10)22/h3-8,22H,1-2H3. The van der Waals surface area contributed by atoms with Crippen molar-refractivity contribution in [2.45, 2.75) is 19.8 Å². The summed E-state index contributed by atoms with van der Waals surface area (Å²) >= 11 is 0. The molecule has 0 aliphatic heterocycles. The van der Waals surface area contributed by atoms with Gasteiger partial charge < -0.3 is 5.11 Å². The molecular weight excluding hydrogens is 298 g/mol. The molecule has 0 unspecified atom stereocenters. The second-order valence-electron chi connectivity index (χ2n) is 4.98. The Hall–Kier alpha value is -2.37. The average molecular weight is 311 g/mol. The molecule has 116 valence electrons. The summed E-state index contributed by atoms with van der Waals surface area (Å²) in [7, 11) is 0. The molecule has 2 rings (SSSR count). The van der Waals surface area contributed by atoms with Gasteiger partial charge in [0, 0.05) is 11.8 Å². The number of nitrogens with zero attached hydrogens (tertiary/aromatic N) is 1. The summed E-state index contributed by atoms with van der Waals surface area (Å²) in [4.78, 5) is 3.67. The van der Waals surface area contributed by atoms with Gasteiger partial charge in [-0.2, -0.15) is 0 Å². The summed E-state index contributed by atoms with van der Waals surface area (Å²) in [6.45, 7) is 2.85. The summed E-state index contributed by atoms with van der Waals surface area (Å²) in [6, 6.07) is 5.79. The van der Waals surface area contributed by atoms with Crippen LogP contribution in [0.25, 0.3) is 0 Å². The molecule has 22 heavy (non-hydrogen) atoms. The summed E-state index contributed by atoms with van der Waals surface area (Å²) in [6.07, 6.45) is 0.649. The molecule has 0 fully saturated rings. The molecular formula is C16H13F4NO. The Bertz CT molecular complexity index is 712. The van der Waals surface area contributed by atoms with E-state index in [-0.39, 0.29) is 11.4 Å². The zero-order valence-electron chi connectivity index (χ0n) is 11.9. The minimum atomic E-state index is -1.51. The van der Waals surface area contributed by atoms with Gasteiger partial charge >= 0.3 is 0 Å². The largest absolute Gasteiger partial charge is 0.506 e. The van der Waals surface area contributed by atoms with Crippen LogP contribution in [0.1, 0.15) is 30.9 Å². The molecule has 0 bridgehead atoms. The van der Waals surface area contributed by atoms with Crippen LogP contribution < -0.4 is 0 Å². The molecule has 6 heteroatoms. The Morgan fingerprint density at radius 3 is 2.00 bits per heavy atom. The number of halogens is 4. The third kappa shape index (κ3) is 2.81. The minimum absolute atomic E-state index is 0.0232. The smallest absolute Gasteiger partial charge is 0.171 e. The zero-order chi connectivity index (χ0) is 16.4. The number of aromatic hydroxyl groups is 1. The highest BCUT2D eigenvalue weighted by Gasteiger charge is 2.25. The lowest BCUT2D eigenvalue weighted by Crippen LogP contribution is -2.09. The molecule has 2 nitrogen and oxygen atoms in total. The van der Waals surface area contributed by atoms with Gasteiger partial charge in [-0.05, 0) is 18.1 Å². The normalized spacial score (nSPS) is 11.6. The van der Waals surface area contributed by atoms with Crippen molar-refractivity contribution in [2.75, 3.05) is 0 Å². The molecule has 0 aliphatic carbocycles. The Balaban J connectivity index is 2.56. The van der Waals surface area contributed by atoms with Gasteiger partial charge in [0.2, 0.25) is 0 Å². The molecule has 0 heterocycles. The maximum Gasteiger partial charge on any atom is 0.171 e. The first-order valence-electron chi connectivity index (χ1n) is 6.52. The van der Waals surface area contributed by atoms with E-state index in [0.717, 1.165) is 0 Å². The number of rotatable bonds is 3. The molecule has 2 aromatic rings. The van der Waals surface area contributed by atoms with Crippen LogP contribution >= 0.6 is 0 Å². The van der Waals surface area contributed by atoms with Crippen LogP contribution in [-0.2, 0) is 0 Å². The fourth-order valence-electron chi connectivity index (χ4n) is 1.99. The van der Waals surface area contributed by atoms with Crippen molar-refractivity contribution in [1.82, 2.24) is 0 Å². The summed E-state index contributed by atoms with van der Waals surface area (Å²) in [5, 5.41) is 9.50. The lowest BCUT2D eigenvalue weighted by Gasteiger charge is -2.12. The maximum absolute atomic E-state index is 13.9. The molecule has 0 saturated heterocycles. The van der Waals surface area contributed by atoms with Crippen LogP contribution in [0.2, 0.25) is 0 Å². The van der Waals surface area contributed by atoms with Gasteiger partial charge in [0.1, 0.15) is 11.4 Å². The highest BCUT2D eigenvalue weighted by Crippen LogP contribution is 2.30. The molecule has 2 aromatic carbocycles. The average Bonchev–Trinajstić information content (AvgIpc) is 2.47. The second-order valence-corrected chi connectivity index (χ2v) is 4.98. The fourth-order valence-corrected chi connectivity index (χ4v) is 1.99. The van der Waals surface area contributed by atoms with Gasteiger partial charge in [-0.15, -0.1) is 0 Å². The number of para-hydroxylation sites is 2. The fraction of sp³-hybridized carbons (Fsp3) is 0.188. The SMILES string of the molecule is CC(C)c1c(F)c(F)c(C=Nc2ccccc2O)c(F)c1F. The van der Waals surface area contributed by atoms with Crippen molar-refractivity contribution in [3.8, 4) is 5.75 Å². The molecule has 0 aliphatic rings. The van der Waals surface area contributed by atoms with Crippen LogP contribution in [0, 0.1) is 23.3 Å². The Morgan fingerprint density at radius 1 is 0.955 bits per heavy atom. The van der Waals surface area contributed by atoms with E-state index >= 15 is 0 Å². The van der Waals surface area contributed by atoms with E-state index in [1.165, 1.54) is 32.0 Å². The Morgan fingerprint density at radius 2 is 1.50 bits per heavy atom. The number of benzene rings is 2. The van der Waals surface area contributed by atoms with Crippen LogP contribution in [-0.4, -0.2) is 11.3 Å². The first kappa shape index (κ1) is 16.0. The lowest BCUT2D eigenvalue weighted by molar-refractivity contribution is 0.431. The maximum atomic E-state index is 13.9. The number of aliphatic imine (C=N–C) groups is 1. The highest BCUT2D eigenvalue weighted by molar-refractivity contribution is 5.83. The van der Waals surface area contributed by atoms with Crippen molar-refractivity contribution in [3.63, 3.8) is 0 Å². The van der Waals surface area contributed by atoms with Gasteiger partial charge in [-0.25, -0.2) is 17.6 Å². The summed E-state index contributed by atoms with van der Waals surface area (Å²) < 4.78 is 55.6. The van der Waals surface area contributed by atoms with Gasteiger partial charge in [0.05, 0.1) is 5.56 Å². The quantitative estimate of drug-likeness (QED) is 0.492. The van der Waals surface area contributed by atoms with Crippen LogP contribution in [0.5, 0.6) is 5.75 Å². The zero-order valence-corrected chi connectivity index (χ0v) is 11.9. The third-order valence-electron chi connectivity index (χ3n) is 3.12. The predicted molar refractivity (Wildman–Crippen MR) is 75.7 cm³/mol. The number of hydrogen-bond acceptors (Lipinski definition) is 2. The van der Waals surface area contributed by atoms with E-state index in [0.29, 0.717) is 6.21 Å². The van der Waals surface area contributed by atoms with Crippen molar-refractivity contribution in [2.24, 2.45) is 4.99 Å². The molecule has 0 aromatic heterocycles. The highest BCUT2D eigenvalue weighted by atomic mass is 19.2. The summed E-state index contributed by atoms with van der Waals surface area (Å²) in [5.74, 6) is -6.84. The van der Waals surface area contributed by atoms with E-state index in [2.05, 4.69) is 4.99 Å². The van der Waals surface area contributed by atoms with E-state index in [9.17, 15) is 22.7 Å². The van der Waals surface area contributed by atoms with E-state index in [1.807, 2.05) is 0 Å². The Kier molecular flexibility index (Phi) is 4.49. The topological polar surface area (TPSA) is 32.6 Å². The Labute approximate surface area is 124 Å². The van der Waals surface area contributed by atoms with E-state index in [4.69, 9.17) is 0 Å². The number of hydrogen-bond donors (Lipinski definition) is 1. The van der Waals surface area contributed by atoms with Crippen molar-refractivity contribution in [3.05, 3.63) is 58.7 Å². The van der Waals surface area contributed by atoms with Gasteiger partial charge in [-0.3, -0.25) is 4.99 Å². The van der Waals surface area contributed by atoms with Gasteiger partial charge in [-0.1, -0.05) is 26.0 Å². The third-order valence-corrected chi connectivity index (χ3v) is 3.12. The molecule has 1 N–H and O–H groups in total. The number of phenols is 1. The van der Waals surface area contributed by atoms with E-state index in [1.54, 1.807) is 6.07 Å². The van der Waals surface area contributed by atoms with Crippen molar-refractivity contribution in [1.29, 1.82) is 0 Å². The molecule has 0 radical (unpaired) electrons. The molecule has 0 saturated carbocycles. The number of phenolic OH excluding ortho intramolecular Hbond substituents is 1. The summed E-state index contributed by atoms with van der Waals surface area (Å²) in [5.41, 5.74) is -1.55. The van der Waals surface area contributed by atoms with Gasteiger partial charge in [0.15, 0.2) is 23.3 Å². The second kappa shape index (κ2) is 6.17. The minimum Gasteiger partial charge on any atom is -0.506 e. The first-order chi connectivity index (χ1) is 10.3. The lowest BCUT2D eigenvalue weighted by atomic mass is 9.99. The monoisotopic (exact) mass is 311 g/mol. The van der Waals surface area contributed by atoms with Crippen molar-refractivity contribution < 1.29 is 22.7 Å². The first-order valence-corrected chi connectivity index (χ1v) is 6.52. The van der Waals surface area contributed by atoms with Crippen LogP contribution in [0.15, 0.2) is 29.3 Å². The van der Waals surface area contributed by atoms with Gasteiger partial charge in [0.25, 0.3) is 0 Å². The predicted octanol–water partition coefficient (Wildman–Crippen LogP) is 4.82. The molecule has 0 amide bonds. The van der Waals surface area contributed by atoms with E-state index < -0.39 is 40.3 Å². The van der Waals surface area contributed by atoms with Crippen molar-refractivity contribution >= 4 is 11.9 Å².